The maximum Gasteiger partial charge on any atom is 0.395 e. The lowest BCUT2D eigenvalue weighted by molar-refractivity contribution is -0.202. The van der Waals surface area contributed by atoms with Crippen LogP contribution in [-0.2, 0) is 0 Å². The van der Waals surface area contributed by atoms with Gasteiger partial charge in [-0.2, -0.15) is 13.2 Å². The third kappa shape index (κ3) is 2.03. The van der Waals surface area contributed by atoms with Crippen molar-refractivity contribution in [3.05, 3.63) is 35.9 Å². The molecule has 0 atom stereocenters. The van der Waals surface area contributed by atoms with Gasteiger partial charge in [0.15, 0.2) is 0 Å². The number of carbonyl (C=O) groups excluding carboxylic acids is 1. The van der Waals surface area contributed by atoms with Gasteiger partial charge in [-0.1, -0.05) is 18.2 Å². The van der Waals surface area contributed by atoms with E-state index in [1.807, 2.05) is 0 Å². The summed E-state index contributed by atoms with van der Waals surface area (Å²) in [7, 11) is 0. The summed E-state index contributed by atoms with van der Waals surface area (Å²) in [5, 5.41) is 0. The van der Waals surface area contributed by atoms with Crippen LogP contribution in [0.3, 0.4) is 0 Å². The Labute approximate surface area is 90.7 Å². The summed E-state index contributed by atoms with van der Waals surface area (Å²) in [5.74, 6) is -1.69. The quantitative estimate of drug-likeness (QED) is 0.723. The van der Waals surface area contributed by atoms with Crippen LogP contribution in [0, 0.1) is 5.92 Å². The normalized spacial score (nSPS) is 17.1. The van der Waals surface area contributed by atoms with Crippen LogP contribution in [0.4, 0.5) is 13.2 Å². The average molecular weight is 229 g/mol. The van der Waals surface area contributed by atoms with Crippen molar-refractivity contribution in [1.29, 1.82) is 0 Å². The second kappa shape index (κ2) is 3.81. The first kappa shape index (κ1) is 11.0. The molecule has 86 valence electrons. The molecule has 1 heterocycles. The molecule has 1 aliphatic rings. The first-order valence-electron chi connectivity index (χ1n) is 4.89. The Kier molecular flexibility index (Phi) is 2.61. The number of hydrogen-bond acceptors (Lipinski definition) is 1. The molecule has 1 aromatic carbocycles. The molecule has 1 aromatic rings. The zero-order valence-corrected chi connectivity index (χ0v) is 8.37. The molecule has 2 rings (SSSR count). The van der Waals surface area contributed by atoms with Gasteiger partial charge >= 0.3 is 6.18 Å². The fourth-order valence-electron chi connectivity index (χ4n) is 1.61. The van der Waals surface area contributed by atoms with E-state index in [9.17, 15) is 18.0 Å². The van der Waals surface area contributed by atoms with Gasteiger partial charge in [-0.3, -0.25) is 4.79 Å². The van der Waals surface area contributed by atoms with Crippen molar-refractivity contribution in [2.24, 2.45) is 5.92 Å². The molecule has 0 bridgehead atoms. The Bertz CT molecular complexity index is 382. The minimum Gasteiger partial charge on any atom is -0.337 e. The van der Waals surface area contributed by atoms with Crippen LogP contribution >= 0.6 is 0 Å². The van der Waals surface area contributed by atoms with Gasteiger partial charge in [-0.25, -0.2) is 0 Å². The number of carbonyl (C=O) groups is 1. The molecule has 0 spiro atoms. The zero-order chi connectivity index (χ0) is 11.8. The lowest BCUT2D eigenvalue weighted by Crippen LogP contribution is -2.55. The number of hydrogen-bond donors (Lipinski definition) is 0. The van der Waals surface area contributed by atoms with Gasteiger partial charge in [0.2, 0.25) is 0 Å². The van der Waals surface area contributed by atoms with Crippen molar-refractivity contribution < 1.29 is 18.0 Å². The van der Waals surface area contributed by atoms with Gasteiger partial charge in [0, 0.05) is 18.7 Å². The molecule has 1 fully saturated rings. The smallest absolute Gasteiger partial charge is 0.337 e. The van der Waals surface area contributed by atoms with Crippen molar-refractivity contribution in [2.75, 3.05) is 13.1 Å². The van der Waals surface area contributed by atoms with E-state index in [0.717, 1.165) is 0 Å². The molecule has 0 unspecified atom stereocenters. The highest BCUT2D eigenvalue weighted by Gasteiger charge is 2.48. The maximum absolute atomic E-state index is 12.2. The summed E-state index contributed by atoms with van der Waals surface area (Å²) in [4.78, 5) is 12.9. The van der Waals surface area contributed by atoms with Crippen LogP contribution in [0.15, 0.2) is 30.3 Å². The van der Waals surface area contributed by atoms with E-state index in [4.69, 9.17) is 0 Å². The molecular formula is C11H10F3NO. The van der Waals surface area contributed by atoms with E-state index < -0.39 is 12.1 Å². The van der Waals surface area contributed by atoms with E-state index in [0.29, 0.717) is 5.56 Å². The number of likely N-dealkylation sites (tertiary alicyclic amines) is 1. The SMILES string of the molecule is O=C(c1ccccc1)N1CC(C(F)(F)F)C1. The van der Waals surface area contributed by atoms with Crippen LogP contribution in [-0.4, -0.2) is 30.1 Å². The molecular weight excluding hydrogens is 219 g/mol. The Morgan fingerprint density at radius 1 is 1.19 bits per heavy atom. The highest BCUT2D eigenvalue weighted by Crippen LogP contribution is 2.33. The van der Waals surface area contributed by atoms with Crippen molar-refractivity contribution in [3.8, 4) is 0 Å². The molecule has 0 aliphatic carbocycles. The van der Waals surface area contributed by atoms with Crippen LogP contribution in [0.2, 0.25) is 0 Å². The number of amides is 1. The Hall–Kier alpha value is -1.52. The molecule has 2 nitrogen and oxygen atoms in total. The molecule has 16 heavy (non-hydrogen) atoms. The Morgan fingerprint density at radius 3 is 2.25 bits per heavy atom. The first-order chi connectivity index (χ1) is 7.48. The minimum absolute atomic E-state index is 0.225. The van der Waals surface area contributed by atoms with Crippen LogP contribution in [0.1, 0.15) is 10.4 Å². The molecule has 0 radical (unpaired) electrons. The molecule has 0 N–H and O–H groups in total. The second-order valence-electron chi connectivity index (χ2n) is 3.81. The number of benzene rings is 1. The van der Waals surface area contributed by atoms with Crippen molar-refractivity contribution in [3.63, 3.8) is 0 Å². The fourth-order valence-corrected chi connectivity index (χ4v) is 1.61. The average Bonchev–Trinajstić information content (AvgIpc) is 2.14. The predicted octanol–water partition coefficient (Wildman–Crippen LogP) is 2.32. The third-order valence-electron chi connectivity index (χ3n) is 2.65. The highest BCUT2D eigenvalue weighted by atomic mass is 19.4. The van der Waals surface area contributed by atoms with Crippen molar-refractivity contribution in [1.82, 2.24) is 4.90 Å². The largest absolute Gasteiger partial charge is 0.395 e. The van der Waals surface area contributed by atoms with Crippen molar-refractivity contribution in [2.45, 2.75) is 6.18 Å². The van der Waals surface area contributed by atoms with Gasteiger partial charge in [0.1, 0.15) is 0 Å². The minimum atomic E-state index is -4.19. The second-order valence-corrected chi connectivity index (χ2v) is 3.81. The molecule has 0 aromatic heterocycles. The number of alkyl halides is 3. The first-order valence-corrected chi connectivity index (χ1v) is 4.89. The molecule has 0 saturated carbocycles. The summed E-state index contributed by atoms with van der Waals surface area (Å²) >= 11 is 0. The Balaban J connectivity index is 1.96. The molecule has 1 saturated heterocycles. The lowest BCUT2D eigenvalue weighted by atomic mass is 9.98. The summed E-state index contributed by atoms with van der Waals surface area (Å²) in [5.41, 5.74) is 0.433. The van der Waals surface area contributed by atoms with Gasteiger partial charge in [0.25, 0.3) is 5.91 Å². The van der Waals surface area contributed by atoms with Crippen molar-refractivity contribution >= 4 is 5.91 Å². The van der Waals surface area contributed by atoms with Crippen LogP contribution in [0.25, 0.3) is 0 Å². The topological polar surface area (TPSA) is 20.3 Å². The summed E-state index contributed by atoms with van der Waals surface area (Å²) < 4.78 is 36.6. The summed E-state index contributed by atoms with van der Waals surface area (Å²) in [6.07, 6.45) is -4.19. The van der Waals surface area contributed by atoms with E-state index in [2.05, 4.69) is 0 Å². The Morgan fingerprint density at radius 2 is 1.75 bits per heavy atom. The van der Waals surface area contributed by atoms with Crippen LogP contribution in [0.5, 0.6) is 0 Å². The molecule has 5 heteroatoms. The van der Waals surface area contributed by atoms with Gasteiger partial charge in [-0.05, 0) is 12.1 Å². The number of nitrogens with zero attached hydrogens (tertiary/aromatic N) is 1. The van der Waals surface area contributed by atoms with Gasteiger partial charge in [0.05, 0.1) is 5.92 Å². The summed E-state index contributed by atoms with van der Waals surface area (Å²) in [6, 6.07) is 8.33. The van der Waals surface area contributed by atoms with Gasteiger partial charge < -0.3 is 4.90 Å². The van der Waals surface area contributed by atoms with E-state index in [1.54, 1.807) is 30.3 Å². The highest BCUT2D eigenvalue weighted by molar-refractivity contribution is 5.94. The number of rotatable bonds is 1. The third-order valence-corrected chi connectivity index (χ3v) is 2.65. The summed E-state index contributed by atoms with van der Waals surface area (Å²) in [6.45, 7) is -0.450. The van der Waals surface area contributed by atoms with Gasteiger partial charge in [-0.15, -0.1) is 0 Å². The zero-order valence-electron chi connectivity index (χ0n) is 8.37. The lowest BCUT2D eigenvalue weighted by Gasteiger charge is -2.40. The predicted molar refractivity (Wildman–Crippen MR) is 51.9 cm³/mol. The standard InChI is InChI=1S/C11H10F3NO/c12-11(13,14)9-6-15(7-9)10(16)8-4-2-1-3-5-8/h1-5,9H,6-7H2. The molecule has 1 amide bonds. The van der Waals surface area contributed by atoms with Crippen LogP contribution < -0.4 is 0 Å². The molecule has 1 aliphatic heterocycles. The van der Waals surface area contributed by atoms with E-state index in [-0.39, 0.29) is 19.0 Å². The number of halogens is 3. The fraction of sp³-hybridized carbons (Fsp3) is 0.364. The monoisotopic (exact) mass is 229 g/mol. The maximum atomic E-state index is 12.2. The van der Waals surface area contributed by atoms with E-state index >= 15 is 0 Å². The van der Waals surface area contributed by atoms with E-state index in [1.165, 1.54) is 4.90 Å².